The van der Waals surface area contributed by atoms with Crippen molar-refractivity contribution in [2.75, 3.05) is 18.4 Å². The third-order valence-corrected chi connectivity index (χ3v) is 3.06. The van der Waals surface area contributed by atoms with Gasteiger partial charge in [-0.15, -0.1) is 0 Å². The molecule has 0 aromatic heterocycles. The van der Waals surface area contributed by atoms with Crippen molar-refractivity contribution in [3.05, 3.63) is 28.7 Å². The van der Waals surface area contributed by atoms with Gasteiger partial charge in [0.25, 0.3) is 0 Å². The monoisotopic (exact) mass is 256 g/mol. The summed E-state index contributed by atoms with van der Waals surface area (Å²) in [6.07, 6.45) is 1.12. The first-order chi connectivity index (χ1) is 6.77. The molecule has 78 valence electrons. The van der Waals surface area contributed by atoms with Crippen molar-refractivity contribution in [1.29, 1.82) is 0 Å². The Bertz CT molecular complexity index is 272. The summed E-state index contributed by atoms with van der Waals surface area (Å²) in [5.74, 6) is 0.558. The lowest BCUT2D eigenvalue weighted by molar-refractivity contribution is 0.548. The van der Waals surface area contributed by atoms with Gasteiger partial charge in [0.05, 0.1) is 0 Å². The van der Waals surface area contributed by atoms with Crippen molar-refractivity contribution in [3.8, 4) is 0 Å². The number of hydrogen-bond donors (Lipinski definition) is 2. The Morgan fingerprint density at radius 3 is 2.71 bits per heavy atom. The smallest absolute Gasteiger partial charge is 0.0484 e. The van der Waals surface area contributed by atoms with E-state index in [1.165, 1.54) is 0 Å². The van der Waals surface area contributed by atoms with Crippen LogP contribution in [0, 0.1) is 5.92 Å². The van der Waals surface area contributed by atoms with E-state index in [1.807, 2.05) is 18.2 Å². The molecule has 0 saturated heterocycles. The van der Waals surface area contributed by atoms with Gasteiger partial charge in [-0.1, -0.05) is 25.5 Å². The van der Waals surface area contributed by atoms with Gasteiger partial charge in [0.15, 0.2) is 0 Å². The summed E-state index contributed by atoms with van der Waals surface area (Å²) in [7, 11) is 0. The number of para-hydroxylation sites is 1. The van der Waals surface area contributed by atoms with Crippen LogP contribution in [0.15, 0.2) is 28.7 Å². The molecule has 0 amide bonds. The van der Waals surface area contributed by atoms with Crippen molar-refractivity contribution in [2.24, 2.45) is 11.7 Å². The lowest BCUT2D eigenvalue weighted by Gasteiger charge is -2.14. The SMILES string of the molecule is CCC(CN)CNc1ccccc1Br. The molecule has 0 saturated carbocycles. The van der Waals surface area contributed by atoms with Crippen LogP contribution in [0.5, 0.6) is 0 Å². The Balaban J connectivity index is 2.49. The van der Waals surface area contributed by atoms with Gasteiger partial charge in [0, 0.05) is 16.7 Å². The van der Waals surface area contributed by atoms with E-state index in [1.54, 1.807) is 0 Å². The maximum atomic E-state index is 5.63. The summed E-state index contributed by atoms with van der Waals surface area (Å²) >= 11 is 3.50. The summed E-state index contributed by atoms with van der Waals surface area (Å²) in [6, 6.07) is 8.13. The van der Waals surface area contributed by atoms with E-state index in [2.05, 4.69) is 34.2 Å². The summed E-state index contributed by atoms with van der Waals surface area (Å²) < 4.78 is 1.10. The first kappa shape index (κ1) is 11.5. The minimum Gasteiger partial charge on any atom is -0.384 e. The third-order valence-electron chi connectivity index (χ3n) is 2.37. The highest BCUT2D eigenvalue weighted by atomic mass is 79.9. The molecule has 1 atom stereocenters. The average molecular weight is 257 g/mol. The van der Waals surface area contributed by atoms with Crippen molar-refractivity contribution in [3.63, 3.8) is 0 Å². The third kappa shape index (κ3) is 3.31. The molecule has 1 aromatic carbocycles. The van der Waals surface area contributed by atoms with Crippen LogP contribution in [0.3, 0.4) is 0 Å². The van der Waals surface area contributed by atoms with Crippen LogP contribution in [-0.2, 0) is 0 Å². The van der Waals surface area contributed by atoms with Gasteiger partial charge in [0.2, 0.25) is 0 Å². The van der Waals surface area contributed by atoms with Crippen LogP contribution in [0.4, 0.5) is 5.69 Å². The standard InChI is InChI=1S/C11H17BrN2/c1-2-9(7-13)8-14-11-6-4-3-5-10(11)12/h3-6,9,14H,2,7-8,13H2,1H3. The molecule has 14 heavy (non-hydrogen) atoms. The molecule has 0 fully saturated rings. The predicted octanol–water partition coefficient (Wildman–Crippen LogP) is 2.85. The number of nitrogens with one attached hydrogen (secondary N) is 1. The normalized spacial score (nSPS) is 12.5. The zero-order chi connectivity index (χ0) is 10.4. The lowest BCUT2D eigenvalue weighted by atomic mass is 10.1. The summed E-state index contributed by atoms with van der Waals surface area (Å²) in [6.45, 7) is 3.85. The molecule has 0 aliphatic rings. The number of benzene rings is 1. The summed E-state index contributed by atoms with van der Waals surface area (Å²) in [5.41, 5.74) is 6.77. The van der Waals surface area contributed by atoms with Gasteiger partial charge >= 0.3 is 0 Å². The molecular formula is C11H17BrN2. The van der Waals surface area contributed by atoms with E-state index in [0.717, 1.165) is 29.7 Å². The minimum absolute atomic E-state index is 0.558. The van der Waals surface area contributed by atoms with Gasteiger partial charge in [-0.25, -0.2) is 0 Å². The molecule has 1 unspecified atom stereocenters. The van der Waals surface area contributed by atoms with Crippen LogP contribution in [-0.4, -0.2) is 13.1 Å². The van der Waals surface area contributed by atoms with Crippen molar-refractivity contribution < 1.29 is 0 Å². The van der Waals surface area contributed by atoms with Crippen LogP contribution in [0.1, 0.15) is 13.3 Å². The lowest BCUT2D eigenvalue weighted by Crippen LogP contribution is -2.22. The Labute approximate surface area is 94.0 Å². The zero-order valence-electron chi connectivity index (χ0n) is 8.46. The molecule has 3 N–H and O–H groups in total. The van der Waals surface area contributed by atoms with Crippen molar-refractivity contribution in [2.45, 2.75) is 13.3 Å². The van der Waals surface area contributed by atoms with E-state index in [9.17, 15) is 0 Å². The summed E-state index contributed by atoms with van der Waals surface area (Å²) in [5, 5.41) is 3.39. The van der Waals surface area contributed by atoms with Gasteiger partial charge in [-0.2, -0.15) is 0 Å². The predicted molar refractivity (Wildman–Crippen MR) is 65.5 cm³/mol. The number of hydrogen-bond acceptors (Lipinski definition) is 2. The second-order valence-electron chi connectivity index (χ2n) is 3.37. The Kier molecular flexibility index (Phi) is 4.98. The first-order valence-electron chi connectivity index (χ1n) is 4.96. The fourth-order valence-corrected chi connectivity index (χ4v) is 1.68. The molecule has 1 aromatic rings. The molecule has 0 bridgehead atoms. The van der Waals surface area contributed by atoms with Gasteiger partial charge in [0.1, 0.15) is 0 Å². The van der Waals surface area contributed by atoms with Crippen molar-refractivity contribution >= 4 is 21.6 Å². The topological polar surface area (TPSA) is 38.0 Å². The van der Waals surface area contributed by atoms with E-state index < -0.39 is 0 Å². The molecule has 1 rings (SSSR count). The highest BCUT2D eigenvalue weighted by molar-refractivity contribution is 9.10. The Hall–Kier alpha value is -0.540. The second kappa shape index (κ2) is 6.04. The van der Waals surface area contributed by atoms with Crippen LogP contribution >= 0.6 is 15.9 Å². The van der Waals surface area contributed by atoms with Crippen LogP contribution < -0.4 is 11.1 Å². The van der Waals surface area contributed by atoms with E-state index in [0.29, 0.717) is 5.92 Å². The highest BCUT2D eigenvalue weighted by Crippen LogP contribution is 2.21. The maximum absolute atomic E-state index is 5.63. The average Bonchev–Trinajstić information content (AvgIpc) is 2.22. The molecular weight excluding hydrogens is 240 g/mol. The quantitative estimate of drug-likeness (QED) is 0.851. The van der Waals surface area contributed by atoms with Crippen molar-refractivity contribution in [1.82, 2.24) is 0 Å². The van der Waals surface area contributed by atoms with Gasteiger partial charge < -0.3 is 11.1 Å². The number of nitrogens with two attached hydrogens (primary N) is 1. The fraction of sp³-hybridized carbons (Fsp3) is 0.455. The molecule has 0 aliphatic heterocycles. The Morgan fingerprint density at radius 2 is 2.14 bits per heavy atom. The Morgan fingerprint density at radius 1 is 1.43 bits per heavy atom. The second-order valence-corrected chi connectivity index (χ2v) is 4.23. The maximum Gasteiger partial charge on any atom is 0.0484 e. The largest absolute Gasteiger partial charge is 0.384 e. The number of halogens is 1. The molecule has 0 aliphatic carbocycles. The van der Waals surface area contributed by atoms with E-state index in [4.69, 9.17) is 5.73 Å². The van der Waals surface area contributed by atoms with Gasteiger partial charge in [-0.3, -0.25) is 0 Å². The molecule has 3 heteroatoms. The molecule has 0 heterocycles. The molecule has 2 nitrogen and oxygen atoms in total. The van der Waals surface area contributed by atoms with E-state index in [-0.39, 0.29) is 0 Å². The van der Waals surface area contributed by atoms with E-state index >= 15 is 0 Å². The first-order valence-corrected chi connectivity index (χ1v) is 5.75. The highest BCUT2D eigenvalue weighted by Gasteiger charge is 2.04. The zero-order valence-corrected chi connectivity index (χ0v) is 10.0. The van der Waals surface area contributed by atoms with Gasteiger partial charge in [-0.05, 0) is 40.5 Å². The number of rotatable bonds is 5. The minimum atomic E-state index is 0.558. The molecule has 0 radical (unpaired) electrons. The number of anilines is 1. The molecule has 0 spiro atoms. The fourth-order valence-electron chi connectivity index (χ4n) is 1.25. The van der Waals surface area contributed by atoms with Crippen LogP contribution in [0.2, 0.25) is 0 Å². The summed E-state index contributed by atoms with van der Waals surface area (Å²) in [4.78, 5) is 0. The van der Waals surface area contributed by atoms with Crippen LogP contribution in [0.25, 0.3) is 0 Å².